The Hall–Kier alpha value is -4.91. The summed E-state index contributed by atoms with van der Waals surface area (Å²) in [4.78, 5) is 4.25. The summed E-state index contributed by atoms with van der Waals surface area (Å²) in [6.07, 6.45) is 2.97. The molecule has 172 valence electrons. The van der Waals surface area contributed by atoms with E-state index in [2.05, 4.69) is 20.3 Å². The normalized spacial score (nSPS) is 10.8. The quantitative estimate of drug-likeness (QED) is 0.342. The zero-order valence-electron chi connectivity index (χ0n) is 18.1. The Kier molecular flexibility index (Phi) is 5.96. The van der Waals surface area contributed by atoms with E-state index < -0.39 is 11.6 Å². The van der Waals surface area contributed by atoms with Crippen LogP contribution in [-0.4, -0.2) is 31.4 Å². The van der Waals surface area contributed by atoms with Gasteiger partial charge in [0.05, 0.1) is 17.3 Å². The monoisotopic (exact) mass is 470 g/mol. The van der Waals surface area contributed by atoms with Crippen LogP contribution in [0.3, 0.4) is 0 Å². The average molecular weight is 470 g/mol. The van der Waals surface area contributed by atoms with Gasteiger partial charge in [-0.05, 0) is 30.3 Å². The molecule has 0 aliphatic heterocycles. The van der Waals surface area contributed by atoms with Crippen molar-refractivity contribution >= 4 is 5.52 Å². The van der Waals surface area contributed by atoms with E-state index in [1.165, 1.54) is 22.8 Å². The van der Waals surface area contributed by atoms with Gasteiger partial charge in [-0.3, -0.25) is 4.98 Å². The molecule has 0 saturated heterocycles. The van der Waals surface area contributed by atoms with Crippen molar-refractivity contribution in [3.63, 3.8) is 0 Å². The van der Waals surface area contributed by atoms with Crippen molar-refractivity contribution in [3.8, 4) is 40.2 Å². The lowest BCUT2D eigenvalue weighted by atomic mass is 10.1. The van der Waals surface area contributed by atoms with Gasteiger partial charge in [-0.25, -0.2) is 13.3 Å². The highest BCUT2D eigenvalue weighted by Crippen LogP contribution is 2.37. The zero-order valence-corrected chi connectivity index (χ0v) is 18.1. The molecular formula is C25H16F2N6O2. The van der Waals surface area contributed by atoms with Crippen molar-refractivity contribution < 1.29 is 18.3 Å². The van der Waals surface area contributed by atoms with Gasteiger partial charge < -0.3 is 9.47 Å². The summed E-state index contributed by atoms with van der Waals surface area (Å²) in [6, 6.07) is 17.5. The topological polar surface area (TPSA) is 98.2 Å². The first kappa shape index (κ1) is 21.9. The number of benzene rings is 2. The highest BCUT2D eigenvalue weighted by Gasteiger charge is 2.23. The van der Waals surface area contributed by atoms with Crippen molar-refractivity contribution in [1.82, 2.24) is 24.8 Å². The second-order valence-corrected chi connectivity index (χ2v) is 7.29. The van der Waals surface area contributed by atoms with E-state index in [0.717, 1.165) is 0 Å². The smallest absolute Gasteiger partial charge is 0.242 e. The van der Waals surface area contributed by atoms with Gasteiger partial charge in [0.1, 0.15) is 41.3 Å². The van der Waals surface area contributed by atoms with Crippen LogP contribution < -0.4 is 9.47 Å². The van der Waals surface area contributed by atoms with E-state index >= 15 is 0 Å². The minimum atomic E-state index is -0.507. The Morgan fingerprint density at radius 1 is 0.914 bits per heavy atom. The second kappa shape index (κ2) is 9.52. The van der Waals surface area contributed by atoms with E-state index in [9.17, 15) is 8.78 Å². The third-order valence-electron chi connectivity index (χ3n) is 5.17. The summed E-state index contributed by atoms with van der Waals surface area (Å²) in [5, 5.41) is 21.4. The van der Waals surface area contributed by atoms with E-state index in [4.69, 9.17) is 14.7 Å². The molecular weight excluding hydrogens is 454 g/mol. The summed E-state index contributed by atoms with van der Waals surface area (Å²) in [5.74, 6) is -0.427. The number of fused-ring (bicyclic) bond motifs is 1. The van der Waals surface area contributed by atoms with Gasteiger partial charge >= 0.3 is 0 Å². The van der Waals surface area contributed by atoms with Gasteiger partial charge in [-0.15, -0.1) is 10.2 Å². The number of halogens is 2. The van der Waals surface area contributed by atoms with Crippen LogP contribution in [0.5, 0.6) is 11.6 Å². The van der Waals surface area contributed by atoms with E-state index in [0.29, 0.717) is 22.5 Å². The third-order valence-corrected chi connectivity index (χ3v) is 5.17. The average Bonchev–Trinajstić information content (AvgIpc) is 3.26. The molecule has 0 unspecified atom stereocenters. The predicted octanol–water partition coefficient (Wildman–Crippen LogP) is 4.61. The molecule has 0 N–H and O–H groups in total. The fourth-order valence-electron chi connectivity index (χ4n) is 3.61. The van der Waals surface area contributed by atoms with Crippen molar-refractivity contribution in [2.75, 3.05) is 6.61 Å². The Labute approximate surface area is 198 Å². The SMILES string of the molecule is N#CCOc1cccnc1COc1nn2c(-c3ccccc3F)nncc2c1-c1ccccc1F. The lowest BCUT2D eigenvalue weighted by Gasteiger charge is -2.10. The second-order valence-electron chi connectivity index (χ2n) is 7.29. The van der Waals surface area contributed by atoms with Gasteiger partial charge in [0.2, 0.25) is 5.88 Å². The molecule has 35 heavy (non-hydrogen) atoms. The Morgan fingerprint density at radius 2 is 1.66 bits per heavy atom. The number of aromatic nitrogens is 5. The summed E-state index contributed by atoms with van der Waals surface area (Å²) in [7, 11) is 0. The van der Waals surface area contributed by atoms with Crippen LogP contribution in [0.25, 0.3) is 28.0 Å². The first-order chi connectivity index (χ1) is 17.2. The molecule has 0 spiro atoms. The van der Waals surface area contributed by atoms with Crippen molar-refractivity contribution in [2.24, 2.45) is 0 Å². The molecule has 2 aromatic carbocycles. The lowest BCUT2D eigenvalue weighted by Crippen LogP contribution is -2.05. The molecule has 0 amide bonds. The fraction of sp³-hybridized carbons (Fsp3) is 0.0800. The number of hydrogen-bond acceptors (Lipinski definition) is 7. The van der Waals surface area contributed by atoms with Crippen LogP contribution in [0, 0.1) is 23.0 Å². The Bertz CT molecular complexity index is 1560. The number of nitriles is 1. The highest BCUT2D eigenvalue weighted by molar-refractivity contribution is 5.85. The summed E-state index contributed by atoms with van der Waals surface area (Å²) in [6.45, 7) is -0.236. The summed E-state index contributed by atoms with van der Waals surface area (Å²) < 4.78 is 42.2. The molecule has 0 saturated carbocycles. The summed E-state index contributed by atoms with van der Waals surface area (Å²) in [5.41, 5.74) is 1.53. The number of nitrogens with zero attached hydrogens (tertiary/aromatic N) is 6. The van der Waals surface area contributed by atoms with Gasteiger partial charge in [0, 0.05) is 11.8 Å². The number of ether oxygens (including phenoxy) is 2. The molecule has 8 nitrogen and oxygen atoms in total. The molecule has 0 radical (unpaired) electrons. The fourth-order valence-corrected chi connectivity index (χ4v) is 3.61. The van der Waals surface area contributed by atoms with E-state index in [-0.39, 0.29) is 36.0 Å². The number of hydrogen-bond donors (Lipinski definition) is 0. The van der Waals surface area contributed by atoms with Gasteiger partial charge in [-0.1, -0.05) is 30.3 Å². The maximum Gasteiger partial charge on any atom is 0.242 e. The highest BCUT2D eigenvalue weighted by atomic mass is 19.1. The molecule has 5 rings (SSSR count). The van der Waals surface area contributed by atoms with Crippen molar-refractivity contribution in [3.05, 3.63) is 90.4 Å². The molecule has 10 heteroatoms. The maximum atomic E-state index is 14.9. The first-order valence-electron chi connectivity index (χ1n) is 10.5. The molecule has 3 heterocycles. The van der Waals surface area contributed by atoms with Crippen LogP contribution in [0.4, 0.5) is 8.78 Å². The van der Waals surface area contributed by atoms with Crippen molar-refractivity contribution in [2.45, 2.75) is 6.61 Å². The first-order valence-corrected chi connectivity index (χ1v) is 10.5. The molecule has 5 aromatic rings. The zero-order chi connectivity index (χ0) is 24.2. The molecule has 0 bridgehead atoms. The molecule has 0 fully saturated rings. The predicted molar refractivity (Wildman–Crippen MR) is 121 cm³/mol. The van der Waals surface area contributed by atoms with Crippen molar-refractivity contribution in [1.29, 1.82) is 5.26 Å². The van der Waals surface area contributed by atoms with E-state index in [1.807, 2.05) is 6.07 Å². The Morgan fingerprint density at radius 3 is 2.40 bits per heavy atom. The largest absolute Gasteiger partial charge is 0.477 e. The summed E-state index contributed by atoms with van der Waals surface area (Å²) >= 11 is 0. The van der Waals surface area contributed by atoms with Gasteiger partial charge in [0.15, 0.2) is 12.4 Å². The van der Waals surface area contributed by atoms with Crippen LogP contribution >= 0.6 is 0 Å². The molecule has 3 aromatic heterocycles. The third kappa shape index (κ3) is 4.22. The number of rotatable bonds is 7. The minimum Gasteiger partial charge on any atom is -0.477 e. The molecule has 0 aliphatic carbocycles. The van der Waals surface area contributed by atoms with Crippen LogP contribution in [0.2, 0.25) is 0 Å². The molecule has 0 aliphatic rings. The van der Waals surface area contributed by atoms with E-state index in [1.54, 1.807) is 54.7 Å². The minimum absolute atomic E-state index is 0.0689. The van der Waals surface area contributed by atoms with Gasteiger partial charge in [0.25, 0.3) is 0 Å². The number of pyridine rings is 1. The Balaban J connectivity index is 1.64. The maximum absolute atomic E-state index is 14.9. The van der Waals surface area contributed by atoms with Gasteiger partial charge in [-0.2, -0.15) is 10.4 Å². The van der Waals surface area contributed by atoms with Crippen LogP contribution in [0.15, 0.2) is 73.1 Å². The standard InChI is InChI=1S/C25H16F2N6O2/c26-18-8-3-1-6-16(18)23-21-14-30-31-24(17-7-2-4-9-19(17)27)33(21)32-25(23)35-15-20-22(34-13-11-28)10-5-12-29-20/h1-10,12,14H,13,15H2. The molecule has 0 atom stereocenters. The lowest BCUT2D eigenvalue weighted by molar-refractivity contribution is 0.276. The van der Waals surface area contributed by atoms with Crippen LogP contribution in [0.1, 0.15) is 5.69 Å². The van der Waals surface area contributed by atoms with Crippen LogP contribution in [-0.2, 0) is 6.61 Å².